The number of anilines is 1. The summed E-state index contributed by atoms with van der Waals surface area (Å²) in [6, 6.07) is 6.43. The van der Waals surface area contributed by atoms with E-state index < -0.39 is 0 Å². The highest BCUT2D eigenvalue weighted by Gasteiger charge is 2.12. The molecule has 8 nitrogen and oxygen atoms in total. The first-order valence-corrected chi connectivity index (χ1v) is 8.82. The topological polar surface area (TPSA) is 123 Å². The van der Waals surface area contributed by atoms with Crippen molar-refractivity contribution in [2.24, 2.45) is 5.73 Å². The monoisotopic (exact) mass is 376 g/mol. The first-order valence-electron chi connectivity index (χ1n) is 7.94. The quantitative estimate of drug-likeness (QED) is 0.595. The van der Waals surface area contributed by atoms with Gasteiger partial charge in [0.2, 0.25) is 0 Å². The van der Waals surface area contributed by atoms with Crippen molar-refractivity contribution in [1.82, 2.24) is 10.3 Å². The molecule has 0 radical (unpaired) electrons. The van der Waals surface area contributed by atoms with E-state index in [1.165, 1.54) is 18.4 Å². The molecule has 9 heteroatoms. The van der Waals surface area contributed by atoms with E-state index in [0.29, 0.717) is 29.9 Å². The molecule has 0 atom stereocenters. The van der Waals surface area contributed by atoms with Crippen molar-refractivity contribution in [3.63, 3.8) is 0 Å². The van der Waals surface area contributed by atoms with Gasteiger partial charge in [-0.05, 0) is 30.8 Å². The predicted molar refractivity (Wildman–Crippen MR) is 98.2 cm³/mol. The minimum Gasteiger partial charge on any atom is -0.469 e. The van der Waals surface area contributed by atoms with Crippen LogP contribution in [0.5, 0.6) is 0 Å². The van der Waals surface area contributed by atoms with Crippen LogP contribution in [0.1, 0.15) is 32.3 Å². The number of amides is 2. The molecule has 2 rings (SSSR count). The summed E-state index contributed by atoms with van der Waals surface area (Å²) in [6.45, 7) is 0.677. The number of aromatic nitrogens is 1. The lowest BCUT2D eigenvalue weighted by atomic mass is 10.2. The van der Waals surface area contributed by atoms with Crippen molar-refractivity contribution >= 4 is 34.8 Å². The zero-order chi connectivity index (χ0) is 18.9. The van der Waals surface area contributed by atoms with Crippen LogP contribution >= 0.6 is 11.3 Å². The highest BCUT2D eigenvalue weighted by atomic mass is 32.1. The highest BCUT2D eigenvalue weighted by molar-refractivity contribution is 7.09. The van der Waals surface area contributed by atoms with E-state index in [1.54, 1.807) is 29.6 Å². The van der Waals surface area contributed by atoms with Crippen molar-refractivity contribution in [3.8, 4) is 0 Å². The Morgan fingerprint density at radius 2 is 1.92 bits per heavy atom. The summed E-state index contributed by atoms with van der Waals surface area (Å²) in [5.41, 5.74) is 6.78. The van der Waals surface area contributed by atoms with Crippen LogP contribution in [0.15, 0.2) is 29.6 Å². The number of hydrogen-bond donors (Lipinski definition) is 3. The number of methoxy groups -OCH3 is 1. The third-order valence-electron chi connectivity index (χ3n) is 3.39. The van der Waals surface area contributed by atoms with E-state index in [-0.39, 0.29) is 30.7 Å². The molecule has 2 aromatic rings. The molecule has 1 aromatic heterocycles. The van der Waals surface area contributed by atoms with Gasteiger partial charge in [0.05, 0.1) is 18.5 Å². The summed E-state index contributed by atoms with van der Waals surface area (Å²) >= 11 is 1.39. The molecule has 1 aromatic carbocycles. The number of thiazole rings is 1. The molecule has 26 heavy (non-hydrogen) atoms. The van der Waals surface area contributed by atoms with E-state index in [9.17, 15) is 14.4 Å². The number of benzene rings is 1. The summed E-state index contributed by atoms with van der Waals surface area (Å²) in [4.78, 5) is 39.4. The zero-order valence-electron chi connectivity index (χ0n) is 14.3. The van der Waals surface area contributed by atoms with Gasteiger partial charge in [-0.15, -0.1) is 11.3 Å². The number of ether oxygens (including phenoxy) is 1. The Hall–Kier alpha value is -2.78. The second-order valence-corrected chi connectivity index (χ2v) is 6.22. The Balaban J connectivity index is 1.88. The Kier molecular flexibility index (Phi) is 7.24. The van der Waals surface area contributed by atoms with E-state index in [0.717, 1.165) is 5.01 Å². The van der Waals surface area contributed by atoms with Gasteiger partial charge in [-0.3, -0.25) is 14.4 Å². The van der Waals surface area contributed by atoms with Gasteiger partial charge in [0, 0.05) is 29.6 Å². The first-order chi connectivity index (χ1) is 12.5. The predicted octanol–water partition coefficient (Wildman–Crippen LogP) is 1.19. The lowest BCUT2D eigenvalue weighted by Crippen LogP contribution is -2.26. The highest BCUT2D eigenvalue weighted by Crippen LogP contribution is 2.14. The summed E-state index contributed by atoms with van der Waals surface area (Å²) in [6.07, 6.45) is 0.744. The summed E-state index contributed by atoms with van der Waals surface area (Å²) in [5, 5.41) is 7.85. The zero-order valence-corrected chi connectivity index (χ0v) is 15.1. The molecular formula is C17H20N4O4S. The van der Waals surface area contributed by atoms with Crippen molar-refractivity contribution in [2.75, 3.05) is 25.5 Å². The number of carbonyl (C=O) groups excluding carboxylic acids is 3. The maximum Gasteiger partial charge on any atom is 0.307 e. The van der Waals surface area contributed by atoms with Crippen molar-refractivity contribution < 1.29 is 19.1 Å². The largest absolute Gasteiger partial charge is 0.469 e. The lowest BCUT2D eigenvalue weighted by molar-refractivity contribution is -0.140. The first kappa shape index (κ1) is 19.5. The van der Waals surface area contributed by atoms with Crippen LogP contribution in [0.3, 0.4) is 0 Å². The second kappa shape index (κ2) is 9.64. The van der Waals surface area contributed by atoms with Gasteiger partial charge in [0.15, 0.2) is 0 Å². The Morgan fingerprint density at radius 1 is 1.19 bits per heavy atom. The van der Waals surface area contributed by atoms with Crippen LogP contribution in [0.25, 0.3) is 0 Å². The number of nitrogens with one attached hydrogen (secondary N) is 2. The fraction of sp³-hybridized carbons (Fsp3) is 0.294. The van der Waals surface area contributed by atoms with Crippen LogP contribution < -0.4 is 16.4 Å². The molecule has 0 saturated heterocycles. The third-order valence-corrected chi connectivity index (χ3v) is 4.30. The molecule has 0 aliphatic rings. The van der Waals surface area contributed by atoms with E-state index in [1.807, 2.05) is 0 Å². The van der Waals surface area contributed by atoms with Gasteiger partial charge in [-0.2, -0.15) is 0 Å². The normalized spacial score (nSPS) is 10.2. The molecule has 4 N–H and O–H groups in total. The molecule has 138 valence electrons. The van der Waals surface area contributed by atoms with Gasteiger partial charge in [0.25, 0.3) is 11.8 Å². The molecule has 0 bridgehead atoms. The number of carbonyl (C=O) groups is 3. The van der Waals surface area contributed by atoms with E-state index >= 15 is 0 Å². The van der Waals surface area contributed by atoms with Crippen LogP contribution in [-0.2, 0) is 16.0 Å². The Morgan fingerprint density at radius 3 is 2.58 bits per heavy atom. The molecule has 1 heterocycles. The smallest absolute Gasteiger partial charge is 0.307 e. The molecule has 0 saturated carbocycles. The van der Waals surface area contributed by atoms with Crippen LogP contribution in [0, 0.1) is 0 Å². The fourth-order valence-corrected chi connectivity index (χ4v) is 2.83. The SMILES string of the molecule is COC(=O)CCNC(=O)c1ccc(NC(=O)c2csc(CCN)n2)cc1. The van der Waals surface area contributed by atoms with Gasteiger partial charge in [-0.25, -0.2) is 4.98 Å². The maximum atomic E-state index is 12.2. The molecule has 0 unspecified atom stereocenters. The standard InChI is InChI=1S/C17H20N4O4S/c1-25-15(22)7-9-19-16(23)11-2-4-12(5-3-11)20-17(24)13-10-26-14(21-13)6-8-18/h2-5,10H,6-9,18H2,1H3,(H,19,23)(H,20,24). The minimum absolute atomic E-state index is 0.107. The van der Waals surface area contributed by atoms with Gasteiger partial charge < -0.3 is 21.1 Å². The number of hydrogen-bond acceptors (Lipinski definition) is 7. The molecule has 0 aliphatic carbocycles. The van der Waals surface area contributed by atoms with Crippen molar-refractivity contribution in [3.05, 3.63) is 45.9 Å². The summed E-state index contributed by atoms with van der Waals surface area (Å²) in [7, 11) is 1.29. The fourth-order valence-electron chi connectivity index (χ4n) is 2.04. The number of rotatable bonds is 8. The number of nitrogens with zero attached hydrogens (tertiary/aromatic N) is 1. The minimum atomic E-state index is -0.389. The Bertz CT molecular complexity index is 773. The maximum absolute atomic E-state index is 12.2. The van der Waals surface area contributed by atoms with Gasteiger partial charge in [-0.1, -0.05) is 0 Å². The Labute approximate surface area is 154 Å². The average molecular weight is 376 g/mol. The van der Waals surface area contributed by atoms with Crippen molar-refractivity contribution in [1.29, 1.82) is 0 Å². The van der Waals surface area contributed by atoms with Crippen LogP contribution in [0.2, 0.25) is 0 Å². The van der Waals surface area contributed by atoms with Gasteiger partial charge >= 0.3 is 5.97 Å². The van der Waals surface area contributed by atoms with E-state index in [2.05, 4.69) is 20.4 Å². The second-order valence-electron chi connectivity index (χ2n) is 5.28. The molecule has 2 amide bonds. The van der Waals surface area contributed by atoms with Gasteiger partial charge in [0.1, 0.15) is 5.69 Å². The lowest BCUT2D eigenvalue weighted by Gasteiger charge is -2.06. The van der Waals surface area contributed by atoms with E-state index in [4.69, 9.17) is 5.73 Å². The molecule has 0 spiro atoms. The summed E-state index contributed by atoms with van der Waals surface area (Å²) < 4.78 is 4.50. The number of esters is 1. The summed E-state index contributed by atoms with van der Waals surface area (Å²) in [5.74, 6) is -1.02. The van der Waals surface area contributed by atoms with Crippen molar-refractivity contribution in [2.45, 2.75) is 12.8 Å². The van der Waals surface area contributed by atoms with Crippen LogP contribution in [-0.4, -0.2) is 43.0 Å². The third kappa shape index (κ3) is 5.64. The average Bonchev–Trinajstić information content (AvgIpc) is 3.11. The molecular weight excluding hydrogens is 356 g/mol. The van der Waals surface area contributed by atoms with Crippen LogP contribution in [0.4, 0.5) is 5.69 Å². The molecule has 0 fully saturated rings. The molecule has 0 aliphatic heterocycles. The number of nitrogens with two attached hydrogens (primary N) is 1.